The summed E-state index contributed by atoms with van der Waals surface area (Å²) in [5.41, 5.74) is 1.04. The Balaban J connectivity index is 1.80. The molecular formula is C15H20N4OS2. The number of urea groups is 1. The van der Waals surface area contributed by atoms with Crippen molar-refractivity contribution >= 4 is 29.1 Å². The van der Waals surface area contributed by atoms with E-state index < -0.39 is 0 Å². The zero-order valence-corrected chi connectivity index (χ0v) is 14.3. The second-order valence-electron chi connectivity index (χ2n) is 4.88. The lowest BCUT2D eigenvalue weighted by atomic mass is 10.2. The van der Waals surface area contributed by atoms with Crippen molar-refractivity contribution in [3.8, 4) is 10.6 Å². The van der Waals surface area contributed by atoms with Crippen LogP contribution in [0.3, 0.4) is 0 Å². The maximum absolute atomic E-state index is 11.8. The van der Waals surface area contributed by atoms with Crippen LogP contribution in [-0.4, -0.2) is 34.3 Å². The van der Waals surface area contributed by atoms with Crippen LogP contribution in [0, 0.1) is 0 Å². The van der Waals surface area contributed by atoms with E-state index in [1.165, 1.54) is 11.3 Å². The second-order valence-corrected chi connectivity index (χ2v) is 6.92. The molecule has 0 unspecified atom stereocenters. The first-order valence-corrected chi connectivity index (χ1v) is 9.31. The van der Waals surface area contributed by atoms with Crippen molar-refractivity contribution in [3.63, 3.8) is 0 Å². The minimum absolute atomic E-state index is 0.162. The van der Waals surface area contributed by atoms with Gasteiger partial charge in [0.25, 0.3) is 0 Å². The van der Waals surface area contributed by atoms with E-state index in [9.17, 15) is 4.79 Å². The number of thioether (sulfide) groups is 1. The highest BCUT2D eigenvalue weighted by Crippen LogP contribution is 2.22. The summed E-state index contributed by atoms with van der Waals surface area (Å²) in [5.74, 6) is 1.04. The topological polar surface area (TPSA) is 66.9 Å². The van der Waals surface area contributed by atoms with Crippen molar-refractivity contribution in [1.82, 2.24) is 20.8 Å². The summed E-state index contributed by atoms with van der Waals surface area (Å²) in [7, 11) is 0. The van der Waals surface area contributed by atoms with Crippen LogP contribution in [0.5, 0.6) is 0 Å². The number of benzene rings is 1. The van der Waals surface area contributed by atoms with Crippen LogP contribution < -0.4 is 10.6 Å². The third-order valence-corrected chi connectivity index (χ3v) is 4.64. The van der Waals surface area contributed by atoms with Gasteiger partial charge in [-0.1, -0.05) is 41.7 Å². The minimum Gasteiger partial charge on any atom is -0.336 e. The number of hydrogen-bond donors (Lipinski definition) is 2. The molecule has 0 aliphatic heterocycles. The molecule has 0 bridgehead atoms. The lowest BCUT2D eigenvalue weighted by Gasteiger charge is -2.13. The molecule has 7 heteroatoms. The second kappa shape index (κ2) is 8.75. The number of aromatic nitrogens is 2. The van der Waals surface area contributed by atoms with E-state index in [-0.39, 0.29) is 12.1 Å². The van der Waals surface area contributed by atoms with Crippen molar-refractivity contribution in [2.45, 2.75) is 25.9 Å². The number of rotatable bonds is 7. The van der Waals surface area contributed by atoms with Gasteiger partial charge in [-0.15, -0.1) is 10.2 Å². The van der Waals surface area contributed by atoms with Gasteiger partial charge in [0.05, 0.1) is 6.54 Å². The zero-order chi connectivity index (χ0) is 15.8. The number of amides is 2. The fourth-order valence-electron chi connectivity index (χ4n) is 1.82. The van der Waals surface area contributed by atoms with E-state index in [1.54, 1.807) is 11.8 Å². The van der Waals surface area contributed by atoms with E-state index >= 15 is 0 Å². The van der Waals surface area contributed by atoms with Crippen LogP contribution in [0.2, 0.25) is 0 Å². The number of carbonyl (C=O) groups is 1. The SMILES string of the molecule is CSCC[C@@H](C)NC(=O)NCc1nnc(-c2ccccc2)s1. The average molecular weight is 336 g/mol. The predicted molar refractivity (Wildman–Crippen MR) is 93.2 cm³/mol. The predicted octanol–water partition coefficient (Wildman–Crippen LogP) is 3.15. The summed E-state index contributed by atoms with van der Waals surface area (Å²) in [5, 5.41) is 15.7. The third-order valence-electron chi connectivity index (χ3n) is 3.02. The van der Waals surface area contributed by atoms with Gasteiger partial charge >= 0.3 is 6.03 Å². The van der Waals surface area contributed by atoms with Gasteiger partial charge in [-0.05, 0) is 25.4 Å². The highest BCUT2D eigenvalue weighted by Gasteiger charge is 2.09. The van der Waals surface area contributed by atoms with E-state index in [2.05, 4.69) is 27.1 Å². The van der Waals surface area contributed by atoms with Crippen LogP contribution in [0.15, 0.2) is 30.3 Å². The Morgan fingerprint density at radius 1 is 1.32 bits per heavy atom. The third kappa shape index (κ3) is 5.31. The molecule has 2 aromatic rings. The number of nitrogens with zero attached hydrogens (tertiary/aromatic N) is 2. The fraction of sp³-hybridized carbons (Fsp3) is 0.400. The summed E-state index contributed by atoms with van der Waals surface area (Å²) in [4.78, 5) is 11.8. The highest BCUT2D eigenvalue weighted by molar-refractivity contribution is 7.98. The molecule has 118 valence electrons. The van der Waals surface area contributed by atoms with Crippen LogP contribution in [0.4, 0.5) is 4.79 Å². The lowest BCUT2D eigenvalue weighted by Crippen LogP contribution is -2.40. The molecule has 0 aliphatic carbocycles. The van der Waals surface area contributed by atoms with E-state index in [0.29, 0.717) is 6.54 Å². The van der Waals surface area contributed by atoms with Gasteiger partial charge in [0.2, 0.25) is 0 Å². The average Bonchev–Trinajstić information content (AvgIpc) is 3.01. The van der Waals surface area contributed by atoms with Gasteiger partial charge in [0.1, 0.15) is 10.0 Å². The van der Waals surface area contributed by atoms with Crippen LogP contribution in [0.25, 0.3) is 10.6 Å². The van der Waals surface area contributed by atoms with Crippen molar-refractivity contribution < 1.29 is 4.79 Å². The van der Waals surface area contributed by atoms with Crippen molar-refractivity contribution in [1.29, 1.82) is 0 Å². The molecular weight excluding hydrogens is 316 g/mol. The maximum atomic E-state index is 11.8. The summed E-state index contributed by atoms with van der Waals surface area (Å²) in [6.07, 6.45) is 3.03. The molecule has 2 amide bonds. The monoisotopic (exact) mass is 336 g/mol. The van der Waals surface area contributed by atoms with Gasteiger partial charge in [-0.3, -0.25) is 0 Å². The molecule has 0 aliphatic rings. The Morgan fingerprint density at radius 3 is 2.82 bits per heavy atom. The lowest BCUT2D eigenvalue weighted by molar-refractivity contribution is 0.237. The fourth-order valence-corrected chi connectivity index (χ4v) is 3.19. The summed E-state index contributed by atoms with van der Waals surface area (Å²) < 4.78 is 0. The van der Waals surface area contributed by atoms with Crippen LogP contribution in [0.1, 0.15) is 18.4 Å². The van der Waals surface area contributed by atoms with E-state index in [0.717, 1.165) is 27.8 Å². The molecule has 2 rings (SSSR count). The van der Waals surface area contributed by atoms with Crippen molar-refractivity contribution in [3.05, 3.63) is 35.3 Å². The van der Waals surface area contributed by atoms with Crippen molar-refractivity contribution in [2.75, 3.05) is 12.0 Å². The quantitative estimate of drug-likeness (QED) is 0.815. The first kappa shape index (κ1) is 16.8. The molecule has 1 heterocycles. The molecule has 0 saturated heterocycles. The largest absolute Gasteiger partial charge is 0.336 e. The smallest absolute Gasteiger partial charge is 0.315 e. The normalized spacial score (nSPS) is 11.9. The van der Waals surface area contributed by atoms with Gasteiger partial charge in [-0.25, -0.2) is 4.79 Å². The summed E-state index contributed by atoms with van der Waals surface area (Å²) in [6, 6.07) is 9.91. The first-order chi connectivity index (χ1) is 10.7. The van der Waals surface area contributed by atoms with Crippen LogP contribution >= 0.6 is 23.1 Å². The molecule has 2 N–H and O–H groups in total. The molecule has 0 saturated carbocycles. The number of carbonyl (C=O) groups excluding carboxylic acids is 1. The molecule has 1 atom stereocenters. The van der Waals surface area contributed by atoms with E-state index in [4.69, 9.17) is 0 Å². The molecule has 0 fully saturated rings. The molecule has 5 nitrogen and oxygen atoms in total. The summed E-state index contributed by atoms with van der Waals surface area (Å²) in [6.45, 7) is 2.40. The first-order valence-electron chi connectivity index (χ1n) is 7.10. The van der Waals surface area contributed by atoms with E-state index in [1.807, 2.05) is 37.3 Å². The standard InChI is InChI=1S/C15H20N4OS2/c1-11(8-9-21-2)17-15(20)16-10-13-18-19-14(22-13)12-6-4-3-5-7-12/h3-7,11H,8-10H2,1-2H3,(H2,16,17,20)/t11-/m1/s1. The number of hydrogen-bond acceptors (Lipinski definition) is 5. The molecule has 1 aromatic heterocycles. The maximum Gasteiger partial charge on any atom is 0.315 e. The van der Waals surface area contributed by atoms with Gasteiger partial charge in [0, 0.05) is 11.6 Å². The molecule has 0 radical (unpaired) electrons. The molecule has 1 aromatic carbocycles. The van der Waals surface area contributed by atoms with Gasteiger partial charge < -0.3 is 10.6 Å². The number of nitrogens with one attached hydrogen (secondary N) is 2. The zero-order valence-electron chi connectivity index (χ0n) is 12.7. The van der Waals surface area contributed by atoms with Gasteiger partial charge in [0.15, 0.2) is 0 Å². The minimum atomic E-state index is -0.162. The van der Waals surface area contributed by atoms with Gasteiger partial charge in [-0.2, -0.15) is 11.8 Å². The summed E-state index contributed by atoms with van der Waals surface area (Å²) >= 11 is 3.27. The Morgan fingerprint density at radius 2 is 2.09 bits per heavy atom. The molecule has 22 heavy (non-hydrogen) atoms. The highest BCUT2D eigenvalue weighted by atomic mass is 32.2. The Hall–Kier alpha value is -1.60. The Labute approximate surface area is 138 Å². The Kier molecular flexibility index (Phi) is 6.67. The van der Waals surface area contributed by atoms with Crippen molar-refractivity contribution in [2.24, 2.45) is 0 Å². The molecule has 0 spiro atoms. The van der Waals surface area contributed by atoms with Crippen LogP contribution in [-0.2, 0) is 6.54 Å². The Bertz CT molecular complexity index is 588.